The standard InChI is InChI=1S/C18H18F2N6O2S2/c1-10(30-18-23-24-25-26(18)8-12-3-2-6-28-12)16(27)22-17-21-15(9-29-17)11-4-5-13(19)14(20)7-11/h4-5,7,9-10,12H,2-3,6,8H2,1H3,(H,21,22,27)/t10-,12+/m0/s1. The van der Waals surface area contributed by atoms with Crippen molar-refractivity contribution in [1.29, 1.82) is 0 Å². The topological polar surface area (TPSA) is 94.8 Å². The lowest BCUT2D eigenvalue weighted by atomic mass is 10.2. The number of nitrogens with zero attached hydrogens (tertiary/aromatic N) is 5. The largest absolute Gasteiger partial charge is 0.376 e. The summed E-state index contributed by atoms with van der Waals surface area (Å²) in [5, 5.41) is 16.5. The number of ether oxygens (including phenoxy) is 1. The van der Waals surface area contributed by atoms with Crippen LogP contribution < -0.4 is 5.32 Å². The predicted molar refractivity (Wildman–Crippen MR) is 108 cm³/mol. The van der Waals surface area contributed by atoms with Crippen LogP contribution in [0, 0.1) is 11.6 Å². The molecule has 1 aliphatic heterocycles. The van der Waals surface area contributed by atoms with E-state index < -0.39 is 16.9 Å². The third-order valence-electron chi connectivity index (χ3n) is 4.50. The number of halogens is 2. The fourth-order valence-corrected chi connectivity index (χ4v) is 4.44. The molecule has 0 bridgehead atoms. The molecule has 1 aromatic carbocycles. The van der Waals surface area contributed by atoms with Crippen molar-refractivity contribution in [3.8, 4) is 11.3 Å². The Hall–Kier alpha value is -2.44. The number of aromatic nitrogens is 5. The number of rotatable bonds is 7. The van der Waals surface area contributed by atoms with Gasteiger partial charge in [0.25, 0.3) is 0 Å². The highest BCUT2D eigenvalue weighted by Gasteiger charge is 2.23. The van der Waals surface area contributed by atoms with E-state index in [4.69, 9.17) is 4.74 Å². The molecule has 1 amide bonds. The maximum Gasteiger partial charge on any atom is 0.239 e. The van der Waals surface area contributed by atoms with Gasteiger partial charge in [-0.3, -0.25) is 4.79 Å². The van der Waals surface area contributed by atoms with Crippen molar-refractivity contribution in [2.75, 3.05) is 11.9 Å². The van der Waals surface area contributed by atoms with Crippen LogP contribution in [0.2, 0.25) is 0 Å². The van der Waals surface area contributed by atoms with Crippen LogP contribution in [0.15, 0.2) is 28.7 Å². The van der Waals surface area contributed by atoms with Crippen molar-refractivity contribution < 1.29 is 18.3 Å². The molecular weight excluding hydrogens is 434 g/mol. The summed E-state index contributed by atoms with van der Waals surface area (Å²) in [6.07, 6.45) is 2.07. The van der Waals surface area contributed by atoms with E-state index in [0.29, 0.717) is 28.1 Å². The zero-order valence-electron chi connectivity index (χ0n) is 15.9. The van der Waals surface area contributed by atoms with Gasteiger partial charge in [-0.1, -0.05) is 11.8 Å². The van der Waals surface area contributed by atoms with Crippen LogP contribution in [-0.2, 0) is 16.1 Å². The van der Waals surface area contributed by atoms with Crippen molar-refractivity contribution >= 4 is 34.1 Å². The zero-order chi connectivity index (χ0) is 21.1. The fourth-order valence-electron chi connectivity index (χ4n) is 2.91. The molecule has 0 aliphatic carbocycles. The van der Waals surface area contributed by atoms with Crippen LogP contribution in [0.3, 0.4) is 0 Å². The third-order valence-corrected chi connectivity index (χ3v) is 6.33. The number of thiazole rings is 1. The number of amides is 1. The molecule has 1 N–H and O–H groups in total. The Morgan fingerprint density at radius 3 is 3.07 bits per heavy atom. The van der Waals surface area contributed by atoms with Gasteiger partial charge in [-0.25, -0.2) is 18.4 Å². The first-order valence-corrected chi connectivity index (χ1v) is 11.0. The molecule has 3 heterocycles. The number of nitrogens with one attached hydrogen (secondary N) is 1. The van der Waals surface area contributed by atoms with E-state index in [1.54, 1.807) is 17.0 Å². The molecule has 0 spiro atoms. The molecule has 0 saturated carbocycles. The Balaban J connectivity index is 1.37. The summed E-state index contributed by atoms with van der Waals surface area (Å²) in [5.41, 5.74) is 0.886. The molecule has 3 aromatic rings. The predicted octanol–water partition coefficient (Wildman–Crippen LogP) is 3.37. The number of tetrazole rings is 1. The second-order valence-corrected chi connectivity index (χ2v) is 8.86. The smallest absolute Gasteiger partial charge is 0.239 e. The van der Waals surface area contributed by atoms with E-state index in [1.807, 2.05) is 0 Å². The molecule has 4 rings (SSSR count). The van der Waals surface area contributed by atoms with Crippen LogP contribution >= 0.6 is 23.1 Å². The summed E-state index contributed by atoms with van der Waals surface area (Å²) in [5.74, 6) is -2.13. The van der Waals surface area contributed by atoms with Gasteiger partial charge in [-0.15, -0.1) is 16.4 Å². The second-order valence-electron chi connectivity index (χ2n) is 6.69. The summed E-state index contributed by atoms with van der Waals surface area (Å²) < 4.78 is 33.8. The summed E-state index contributed by atoms with van der Waals surface area (Å²) in [7, 11) is 0. The summed E-state index contributed by atoms with van der Waals surface area (Å²) >= 11 is 2.44. The first kappa shape index (κ1) is 20.8. The number of hydrogen-bond acceptors (Lipinski definition) is 8. The minimum absolute atomic E-state index is 0.0852. The Labute approximate surface area is 179 Å². The second kappa shape index (κ2) is 9.14. The van der Waals surface area contributed by atoms with Gasteiger partial charge in [0, 0.05) is 17.6 Å². The number of benzene rings is 1. The van der Waals surface area contributed by atoms with E-state index in [0.717, 1.165) is 31.6 Å². The normalized spacial score (nSPS) is 17.2. The Bertz CT molecular complexity index is 1040. The van der Waals surface area contributed by atoms with Gasteiger partial charge in [0.2, 0.25) is 11.1 Å². The van der Waals surface area contributed by atoms with Crippen molar-refractivity contribution in [2.24, 2.45) is 0 Å². The highest BCUT2D eigenvalue weighted by atomic mass is 32.2. The number of carbonyl (C=O) groups excluding carboxylic acids is 1. The molecule has 0 radical (unpaired) electrons. The number of hydrogen-bond donors (Lipinski definition) is 1. The fraction of sp³-hybridized carbons (Fsp3) is 0.389. The van der Waals surface area contributed by atoms with Crippen LogP contribution in [0.1, 0.15) is 19.8 Å². The Morgan fingerprint density at radius 1 is 1.43 bits per heavy atom. The summed E-state index contributed by atoms with van der Waals surface area (Å²) in [6.45, 7) is 3.04. The van der Waals surface area contributed by atoms with Crippen molar-refractivity contribution in [2.45, 2.75) is 42.8 Å². The van der Waals surface area contributed by atoms with Crippen LogP contribution in [0.4, 0.5) is 13.9 Å². The molecule has 8 nitrogen and oxygen atoms in total. The monoisotopic (exact) mass is 452 g/mol. The lowest BCUT2D eigenvalue weighted by Gasteiger charge is -2.12. The van der Waals surface area contributed by atoms with E-state index >= 15 is 0 Å². The van der Waals surface area contributed by atoms with Crippen molar-refractivity contribution in [1.82, 2.24) is 25.2 Å². The van der Waals surface area contributed by atoms with Gasteiger partial charge in [-0.05, 0) is 48.4 Å². The highest BCUT2D eigenvalue weighted by Crippen LogP contribution is 2.28. The molecule has 2 atom stereocenters. The average molecular weight is 453 g/mol. The van der Waals surface area contributed by atoms with Crippen LogP contribution in [0.25, 0.3) is 11.3 Å². The minimum atomic E-state index is -0.947. The van der Waals surface area contributed by atoms with E-state index in [2.05, 4.69) is 25.8 Å². The van der Waals surface area contributed by atoms with Gasteiger partial charge in [0.05, 0.1) is 23.6 Å². The van der Waals surface area contributed by atoms with Gasteiger partial charge in [0.1, 0.15) is 0 Å². The third kappa shape index (κ3) is 4.82. The number of anilines is 1. The molecule has 30 heavy (non-hydrogen) atoms. The zero-order valence-corrected chi connectivity index (χ0v) is 17.6. The molecular formula is C18H18F2N6O2S2. The van der Waals surface area contributed by atoms with E-state index in [1.165, 1.54) is 29.2 Å². The van der Waals surface area contributed by atoms with Gasteiger partial charge in [-0.2, -0.15) is 0 Å². The lowest BCUT2D eigenvalue weighted by molar-refractivity contribution is -0.115. The first-order valence-electron chi connectivity index (χ1n) is 9.26. The molecule has 1 fully saturated rings. The number of thioether (sulfide) groups is 1. The number of carbonyl (C=O) groups is 1. The SMILES string of the molecule is C[C@H](Sc1nnnn1C[C@H]1CCCO1)C(=O)Nc1nc(-c2ccc(F)c(F)c2)cs1. The van der Waals surface area contributed by atoms with E-state index in [9.17, 15) is 13.6 Å². The maximum atomic E-state index is 13.4. The van der Waals surface area contributed by atoms with Gasteiger partial charge < -0.3 is 10.1 Å². The Morgan fingerprint density at radius 2 is 2.30 bits per heavy atom. The molecule has 1 aliphatic rings. The highest BCUT2D eigenvalue weighted by molar-refractivity contribution is 8.00. The van der Waals surface area contributed by atoms with Crippen LogP contribution in [-0.4, -0.2) is 49.1 Å². The van der Waals surface area contributed by atoms with Crippen molar-refractivity contribution in [3.63, 3.8) is 0 Å². The molecule has 158 valence electrons. The first-order chi connectivity index (χ1) is 14.5. The Kier molecular flexibility index (Phi) is 6.35. The maximum absolute atomic E-state index is 13.4. The minimum Gasteiger partial charge on any atom is -0.376 e. The average Bonchev–Trinajstić information content (AvgIpc) is 3.48. The van der Waals surface area contributed by atoms with Gasteiger partial charge in [0.15, 0.2) is 16.8 Å². The molecule has 2 aromatic heterocycles. The lowest BCUT2D eigenvalue weighted by Crippen LogP contribution is -2.23. The molecule has 1 saturated heterocycles. The van der Waals surface area contributed by atoms with E-state index in [-0.39, 0.29) is 12.0 Å². The quantitative estimate of drug-likeness (QED) is 0.549. The molecule has 12 heteroatoms. The van der Waals surface area contributed by atoms with Crippen molar-refractivity contribution in [3.05, 3.63) is 35.2 Å². The van der Waals surface area contributed by atoms with Crippen LogP contribution in [0.5, 0.6) is 0 Å². The summed E-state index contributed by atoms with van der Waals surface area (Å²) in [6, 6.07) is 3.55. The summed E-state index contributed by atoms with van der Waals surface area (Å²) in [4.78, 5) is 16.8. The van der Waals surface area contributed by atoms with Gasteiger partial charge >= 0.3 is 0 Å². The molecule has 0 unspecified atom stereocenters.